The van der Waals surface area contributed by atoms with Crippen LogP contribution in [0.3, 0.4) is 0 Å². The van der Waals surface area contributed by atoms with E-state index in [-0.39, 0.29) is 6.61 Å². The molecule has 0 aliphatic rings. The largest absolute Gasteiger partial charge is 0.477 e. The highest BCUT2D eigenvalue weighted by molar-refractivity contribution is 6.35. The second-order valence-electron chi connectivity index (χ2n) is 2.01. The van der Waals surface area contributed by atoms with Crippen molar-refractivity contribution >= 4 is 11.7 Å². The molecular weight excluding hydrogens is 134 g/mol. The van der Waals surface area contributed by atoms with E-state index in [0.29, 0.717) is 6.42 Å². The van der Waals surface area contributed by atoms with Crippen molar-refractivity contribution < 1.29 is 15.0 Å². The maximum absolute atomic E-state index is 10.1. The average molecular weight is 145 g/mol. The van der Waals surface area contributed by atoms with E-state index in [1.54, 1.807) is 6.92 Å². The molecule has 1 atom stereocenters. The Hall–Kier alpha value is -0.900. The van der Waals surface area contributed by atoms with Crippen molar-refractivity contribution in [2.24, 2.45) is 5.92 Å². The zero-order valence-electron chi connectivity index (χ0n) is 5.79. The minimum Gasteiger partial charge on any atom is -0.477 e. The number of aliphatic hydroxyl groups excluding tert-OH is 1. The van der Waals surface area contributed by atoms with Crippen LogP contribution in [0.4, 0.5) is 0 Å². The van der Waals surface area contributed by atoms with E-state index in [9.17, 15) is 4.79 Å². The lowest BCUT2D eigenvalue weighted by Gasteiger charge is -2.07. The van der Waals surface area contributed by atoms with Gasteiger partial charge in [0, 0.05) is 5.92 Å². The normalized spacial score (nSPS) is 12.6. The van der Waals surface area contributed by atoms with Crippen molar-refractivity contribution in [2.45, 2.75) is 13.3 Å². The number of hydrogen-bond acceptors (Lipinski definition) is 3. The molecule has 1 unspecified atom stereocenters. The van der Waals surface area contributed by atoms with Gasteiger partial charge in [-0.05, 0) is 6.42 Å². The van der Waals surface area contributed by atoms with Gasteiger partial charge >= 0.3 is 5.97 Å². The van der Waals surface area contributed by atoms with Crippen LogP contribution in [-0.4, -0.2) is 28.5 Å². The van der Waals surface area contributed by atoms with Crippen molar-refractivity contribution in [3.05, 3.63) is 0 Å². The lowest BCUT2D eigenvalue weighted by atomic mass is 10.0. The Labute approximate surface area is 59.0 Å². The van der Waals surface area contributed by atoms with E-state index in [2.05, 4.69) is 0 Å². The monoisotopic (exact) mass is 145 g/mol. The maximum atomic E-state index is 10.1. The summed E-state index contributed by atoms with van der Waals surface area (Å²) in [5, 5.41) is 23.8. The van der Waals surface area contributed by atoms with E-state index in [0.717, 1.165) is 0 Å². The molecule has 3 N–H and O–H groups in total. The van der Waals surface area contributed by atoms with Gasteiger partial charge in [0.2, 0.25) is 0 Å². The second-order valence-corrected chi connectivity index (χ2v) is 2.01. The molecule has 0 saturated heterocycles. The third kappa shape index (κ3) is 2.14. The number of hydrogen-bond donors (Lipinski definition) is 3. The van der Waals surface area contributed by atoms with Gasteiger partial charge in [-0.25, -0.2) is 4.79 Å². The van der Waals surface area contributed by atoms with Gasteiger partial charge in [-0.1, -0.05) is 6.92 Å². The molecule has 0 fully saturated rings. The standard InChI is InChI=1S/C6H11NO3/c1-2-4(3-8)5(7)6(9)10/h4,7-8H,2-3H2,1H3,(H,9,10). The Morgan fingerprint density at radius 1 is 1.70 bits per heavy atom. The van der Waals surface area contributed by atoms with Crippen LogP contribution in [0.1, 0.15) is 13.3 Å². The van der Waals surface area contributed by atoms with Gasteiger partial charge in [0.15, 0.2) is 0 Å². The molecule has 0 amide bonds. The lowest BCUT2D eigenvalue weighted by Crippen LogP contribution is -2.24. The molecule has 0 aromatic heterocycles. The minimum absolute atomic E-state index is 0.262. The molecule has 0 aliphatic carbocycles. The molecule has 0 aromatic rings. The highest BCUT2D eigenvalue weighted by atomic mass is 16.4. The molecule has 0 heterocycles. The van der Waals surface area contributed by atoms with Crippen molar-refractivity contribution in [1.82, 2.24) is 0 Å². The fraction of sp³-hybridized carbons (Fsp3) is 0.667. The average Bonchev–Trinajstić information content (AvgIpc) is 1.90. The van der Waals surface area contributed by atoms with Gasteiger partial charge in [0.25, 0.3) is 0 Å². The summed E-state index contributed by atoms with van der Waals surface area (Å²) in [6.07, 6.45) is 0.488. The lowest BCUT2D eigenvalue weighted by molar-refractivity contribution is -0.129. The van der Waals surface area contributed by atoms with E-state index < -0.39 is 17.6 Å². The topological polar surface area (TPSA) is 81.4 Å². The molecular formula is C6H11NO3. The van der Waals surface area contributed by atoms with E-state index >= 15 is 0 Å². The number of nitrogens with one attached hydrogen (secondary N) is 1. The summed E-state index contributed by atoms with van der Waals surface area (Å²) < 4.78 is 0. The summed E-state index contributed by atoms with van der Waals surface area (Å²) in [5.41, 5.74) is -0.412. The molecule has 0 bridgehead atoms. The van der Waals surface area contributed by atoms with Gasteiger partial charge in [0.05, 0.1) is 6.61 Å². The Bertz CT molecular complexity index is 140. The Balaban J connectivity index is 4.02. The highest BCUT2D eigenvalue weighted by Crippen LogP contribution is 2.02. The van der Waals surface area contributed by atoms with Crippen molar-refractivity contribution in [3.63, 3.8) is 0 Å². The predicted octanol–water partition coefficient (Wildman–Crippen LogP) is 0.109. The third-order valence-corrected chi connectivity index (χ3v) is 1.35. The number of aliphatic carboxylic acids is 1. The number of carboxylic acids is 1. The Kier molecular flexibility index (Phi) is 3.64. The van der Waals surface area contributed by atoms with Crippen LogP contribution >= 0.6 is 0 Å². The van der Waals surface area contributed by atoms with Crippen LogP contribution in [0.25, 0.3) is 0 Å². The van der Waals surface area contributed by atoms with Gasteiger partial charge < -0.3 is 10.2 Å². The molecule has 0 radical (unpaired) electrons. The van der Waals surface area contributed by atoms with E-state index in [4.69, 9.17) is 15.6 Å². The predicted molar refractivity (Wildman–Crippen MR) is 36.2 cm³/mol. The molecule has 4 nitrogen and oxygen atoms in total. The summed E-state index contributed by atoms with van der Waals surface area (Å²) in [6.45, 7) is 1.47. The molecule has 58 valence electrons. The fourth-order valence-electron chi connectivity index (χ4n) is 0.599. The summed E-state index contributed by atoms with van der Waals surface area (Å²) in [6, 6.07) is 0. The minimum atomic E-state index is -1.25. The zero-order chi connectivity index (χ0) is 8.15. The molecule has 10 heavy (non-hydrogen) atoms. The number of carboxylic acid groups (broad SMARTS) is 1. The molecule has 0 spiro atoms. The van der Waals surface area contributed by atoms with Gasteiger partial charge in [-0.2, -0.15) is 0 Å². The van der Waals surface area contributed by atoms with Gasteiger partial charge in [-0.3, -0.25) is 5.41 Å². The quantitative estimate of drug-likeness (QED) is 0.491. The fourth-order valence-corrected chi connectivity index (χ4v) is 0.599. The molecule has 0 saturated carbocycles. The first kappa shape index (κ1) is 9.10. The molecule has 0 aliphatic heterocycles. The zero-order valence-corrected chi connectivity index (χ0v) is 5.79. The van der Waals surface area contributed by atoms with Crippen LogP contribution in [0.2, 0.25) is 0 Å². The first-order valence-electron chi connectivity index (χ1n) is 3.06. The second kappa shape index (κ2) is 4.00. The SMILES string of the molecule is CCC(CO)C(=N)C(=O)O. The van der Waals surface area contributed by atoms with Crippen LogP contribution in [0.5, 0.6) is 0 Å². The van der Waals surface area contributed by atoms with Crippen LogP contribution in [-0.2, 0) is 4.79 Å². The highest BCUT2D eigenvalue weighted by Gasteiger charge is 2.17. The maximum Gasteiger partial charge on any atom is 0.349 e. The van der Waals surface area contributed by atoms with Crippen molar-refractivity contribution in [1.29, 1.82) is 5.41 Å². The van der Waals surface area contributed by atoms with Gasteiger partial charge in [-0.15, -0.1) is 0 Å². The number of rotatable bonds is 4. The first-order chi connectivity index (χ1) is 4.63. The smallest absolute Gasteiger partial charge is 0.349 e. The summed E-state index contributed by atoms with van der Waals surface area (Å²) in [4.78, 5) is 10.1. The summed E-state index contributed by atoms with van der Waals surface area (Å²) in [5.74, 6) is -1.77. The Morgan fingerprint density at radius 2 is 2.20 bits per heavy atom. The van der Waals surface area contributed by atoms with Crippen LogP contribution in [0, 0.1) is 11.3 Å². The van der Waals surface area contributed by atoms with Gasteiger partial charge in [0.1, 0.15) is 5.71 Å². The van der Waals surface area contributed by atoms with E-state index in [1.165, 1.54) is 0 Å². The van der Waals surface area contributed by atoms with Crippen LogP contribution in [0.15, 0.2) is 0 Å². The summed E-state index contributed by atoms with van der Waals surface area (Å²) in [7, 11) is 0. The van der Waals surface area contributed by atoms with Crippen LogP contribution < -0.4 is 0 Å². The number of aliphatic hydroxyl groups is 1. The third-order valence-electron chi connectivity index (χ3n) is 1.35. The summed E-state index contributed by atoms with van der Waals surface area (Å²) >= 11 is 0. The molecule has 4 heteroatoms. The Morgan fingerprint density at radius 3 is 2.30 bits per heavy atom. The van der Waals surface area contributed by atoms with Crippen molar-refractivity contribution in [3.8, 4) is 0 Å². The van der Waals surface area contributed by atoms with Crippen molar-refractivity contribution in [2.75, 3.05) is 6.61 Å². The van der Waals surface area contributed by atoms with E-state index in [1.807, 2.05) is 0 Å². The first-order valence-corrected chi connectivity index (χ1v) is 3.06. The number of carbonyl (C=O) groups is 1. The molecule has 0 rings (SSSR count). The molecule has 0 aromatic carbocycles.